The highest BCUT2D eigenvalue weighted by atomic mass is 16.5. The van der Waals surface area contributed by atoms with Gasteiger partial charge in [-0.25, -0.2) is 0 Å². The molecular formula is C9H19NO5. The molecule has 0 heterocycles. The van der Waals surface area contributed by atoms with Gasteiger partial charge in [0.05, 0.1) is 32.0 Å². The fraction of sp³-hybridized carbons (Fsp3) is 0.889. The zero-order chi connectivity index (χ0) is 11.8. The molecule has 0 aromatic heterocycles. The Labute approximate surface area is 88.9 Å². The maximum Gasteiger partial charge on any atom is 0.217 e. The Hall–Kier alpha value is -0.690. The van der Waals surface area contributed by atoms with Crippen molar-refractivity contribution in [1.29, 1.82) is 0 Å². The fourth-order valence-corrected chi connectivity index (χ4v) is 1.01. The van der Waals surface area contributed by atoms with Crippen LogP contribution in [0.2, 0.25) is 0 Å². The first-order valence-electron chi connectivity index (χ1n) is 4.79. The molecule has 0 fully saturated rings. The van der Waals surface area contributed by atoms with Crippen molar-refractivity contribution in [3.63, 3.8) is 0 Å². The maximum atomic E-state index is 10.7. The molecule has 4 N–H and O–H groups in total. The summed E-state index contributed by atoms with van der Waals surface area (Å²) in [5.74, 6) is -0.268. The van der Waals surface area contributed by atoms with E-state index < -0.39 is 18.2 Å². The molecule has 1 unspecified atom stereocenters. The Morgan fingerprint density at radius 2 is 2.00 bits per heavy atom. The molecule has 15 heavy (non-hydrogen) atoms. The van der Waals surface area contributed by atoms with E-state index in [1.807, 2.05) is 0 Å². The van der Waals surface area contributed by atoms with Crippen LogP contribution >= 0.6 is 0 Å². The lowest BCUT2D eigenvalue weighted by molar-refractivity contribution is -0.121. The number of rotatable bonds is 7. The van der Waals surface area contributed by atoms with Gasteiger partial charge in [0.15, 0.2) is 0 Å². The van der Waals surface area contributed by atoms with E-state index in [9.17, 15) is 4.79 Å². The van der Waals surface area contributed by atoms with Gasteiger partial charge in [0.2, 0.25) is 5.91 Å². The Bertz CT molecular complexity index is 185. The summed E-state index contributed by atoms with van der Waals surface area (Å²) < 4.78 is 5.13. The van der Waals surface area contributed by atoms with E-state index in [1.165, 1.54) is 13.8 Å². The number of carbonyl (C=O) groups is 1. The number of aliphatic hydroxyl groups is 3. The second kappa shape index (κ2) is 7.58. The summed E-state index contributed by atoms with van der Waals surface area (Å²) in [7, 11) is 0. The largest absolute Gasteiger partial charge is 0.394 e. The Balaban J connectivity index is 3.92. The summed E-state index contributed by atoms with van der Waals surface area (Å²) >= 11 is 0. The molecule has 6 nitrogen and oxygen atoms in total. The van der Waals surface area contributed by atoms with Gasteiger partial charge in [-0.3, -0.25) is 4.79 Å². The monoisotopic (exact) mass is 221 g/mol. The molecular weight excluding hydrogens is 202 g/mol. The second-order valence-corrected chi connectivity index (χ2v) is 3.37. The van der Waals surface area contributed by atoms with Crippen molar-refractivity contribution in [2.75, 3.05) is 19.8 Å². The molecule has 0 rings (SSSR count). The summed E-state index contributed by atoms with van der Waals surface area (Å²) in [6.07, 6.45) is -1.50. The molecule has 3 atom stereocenters. The first kappa shape index (κ1) is 14.3. The normalized spacial score (nSPS) is 16.9. The van der Waals surface area contributed by atoms with Gasteiger partial charge < -0.3 is 25.4 Å². The van der Waals surface area contributed by atoms with Gasteiger partial charge in [0, 0.05) is 6.92 Å². The number of amides is 1. The third kappa shape index (κ3) is 6.40. The average molecular weight is 221 g/mol. The Morgan fingerprint density at radius 1 is 1.40 bits per heavy atom. The van der Waals surface area contributed by atoms with Gasteiger partial charge >= 0.3 is 0 Å². The molecule has 0 aromatic rings. The second-order valence-electron chi connectivity index (χ2n) is 3.37. The van der Waals surface area contributed by atoms with Crippen LogP contribution in [0, 0.1) is 0 Å². The van der Waals surface area contributed by atoms with E-state index in [0.717, 1.165) is 0 Å². The van der Waals surface area contributed by atoms with E-state index in [2.05, 4.69) is 5.32 Å². The number of carbonyl (C=O) groups excluding carboxylic acids is 1. The van der Waals surface area contributed by atoms with Crippen LogP contribution in [0.3, 0.4) is 0 Å². The van der Waals surface area contributed by atoms with Crippen LogP contribution in [0.1, 0.15) is 13.8 Å². The molecule has 6 heteroatoms. The number of hydrogen-bond donors (Lipinski definition) is 4. The Kier molecular flexibility index (Phi) is 7.23. The van der Waals surface area contributed by atoms with Gasteiger partial charge in [0.25, 0.3) is 0 Å². The van der Waals surface area contributed by atoms with Crippen molar-refractivity contribution in [3.05, 3.63) is 0 Å². The third-order valence-electron chi connectivity index (χ3n) is 1.86. The lowest BCUT2D eigenvalue weighted by atomic mass is 10.2. The summed E-state index contributed by atoms with van der Waals surface area (Å²) in [6, 6.07) is -0.518. The van der Waals surface area contributed by atoms with Crippen LogP contribution in [0.5, 0.6) is 0 Å². The van der Waals surface area contributed by atoms with Crippen molar-refractivity contribution in [2.45, 2.75) is 32.1 Å². The molecule has 0 bridgehead atoms. The zero-order valence-electron chi connectivity index (χ0n) is 9.01. The number of aliphatic hydroxyl groups excluding tert-OH is 3. The van der Waals surface area contributed by atoms with E-state index in [0.29, 0.717) is 0 Å². The summed E-state index contributed by atoms with van der Waals surface area (Å²) in [4.78, 5) is 10.7. The molecule has 0 spiro atoms. The first-order valence-corrected chi connectivity index (χ1v) is 4.79. The van der Waals surface area contributed by atoms with Crippen LogP contribution in [0.15, 0.2) is 0 Å². The van der Waals surface area contributed by atoms with Crippen molar-refractivity contribution in [2.24, 2.45) is 0 Å². The van der Waals surface area contributed by atoms with E-state index in [1.54, 1.807) is 0 Å². The molecule has 0 aliphatic carbocycles. The lowest BCUT2D eigenvalue weighted by Gasteiger charge is -2.22. The van der Waals surface area contributed by atoms with Gasteiger partial charge in [-0.15, -0.1) is 0 Å². The number of hydrogen-bond acceptors (Lipinski definition) is 5. The molecule has 0 radical (unpaired) electrons. The van der Waals surface area contributed by atoms with Crippen molar-refractivity contribution < 1.29 is 24.9 Å². The van der Waals surface area contributed by atoms with Crippen molar-refractivity contribution in [3.8, 4) is 0 Å². The molecule has 0 aliphatic rings. The molecule has 90 valence electrons. The standard InChI is InChI=1S/C9H19NO5/c1-6(13)9(4-12)15-5-8(3-11)10-7(2)14/h6,8-9,11-13H,3-5H2,1-2H3,(H,10,14)/t6-,8-,9?/m0/s1. The third-order valence-corrected chi connectivity index (χ3v) is 1.86. The molecule has 1 amide bonds. The highest BCUT2D eigenvalue weighted by Gasteiger charge is 2.17. The van der Waals surface area contributed by atoms with E-state index in [-0.39, 0.29) is 25.7 Å². The van der Waals surface area contributed by atoms with Crippen LogP contribution in [-0.2, 0) is 9.53 Å². The molecule has 0 saturated heterocycles. The van der Waals surface area contributed by atoms with Gasteiger partial charge in [-0.05, 0) is 6.92 Å². The topological polar surface area (TPSA) is 99.0 Å². The van der Waals surface area contributed by atoms with E-state index in [4.69, 9.17) is 20.1 Å². The smallest absolute Gasteiger partial charge is 0.217 e. The fourth-order valence-electron chi connectivity index (χ4n) is 1.01. The SMILES string of the molecule is CC(=O)N[C@@H](CO)COC(CO)[C@H](C)O. The quantitative estimate of drug-likeness (QED) is 0.408. The summed E-state index contributed by atoms with van der Waals surface area (Å²) in [6.45, 7) is 2.31. The van der Waals surface area contributed by atoms with Gasteiger partial charge in [0.1, 0.15) is 6.10 Å². The molecule has 0 aliphatic heterocycles. The first-order chi connectivity index (χ1) is 7.01. The summed E-state index contributed by atoms with van der Waals surface area (Å²) in [5, 5.41) is 29.3. The predicted molar refractivity (Wildman–Crippen MR) is 53.2 cm³/mol. The van der Waals surface area contributed by atoms with Crippen LogP contribution in [-0.4, -0.2) is 59.3 Å². The Morgan fingerprint density at radius 3 is 2.33 bits per heavy atom. The van der Waals surface area contributed by atoms with Crippen LogP contribution < -0.4 is 5.32 Å². The van der Waals surface area contributed by atoms with Crippen LogP contribution in [0.4, 0.5) is 0 Å². The predicted octanol–water partition coefficient (Wildman–Crippen LogP) is -1.76. The lowest BCUT2D eigenvalue weighted by Crippen LogP contribution is -2.42. The molecule has 0 saturated carbocycles. The highest BCUT2D eigenvalue weighted by molar-refractivity contribution is 5.73. The minimum Gasteiger partial charge on any atom is -0.394 e. The summed E-state index contributed by atoms with van der Waals surface area (Å²) in [5.41, 5.74) is 0. The zero-order valence-corrected chi connectivity index (χ0v) is 9.01. The maximum absolute atomic E-state index is 10.7. The van der Waals surface area contributed by atoms with E-state index >= 15 is 0 Å². The van der Waals surface area contributed by atoms with Crippen molar-refractivity contribution in [1.82, 2.24) is 5.32 Å². The van der Waals surface area contributed by atoms with Crippen molar-refractivity contribution >= 4 is 5.91 Å². The number of ether oxygens (including phenoxy) is 1. The molecule has 0 aromatic carbocycles. The minimum atomic E-state index is -0.799. The highest BCUT2D eigenvalue weighted by Crippen LogP contribution is 1.99. The van der Waals surface area contributed by atoms with Gasteiger partial charge in [-0.2, -0.15) is 0 Å². The average Bonchev–Trinajstić information content (AvgIpc) is 2.15. The number of nitrogens with one attached hydrogen (secondary N) is 1. The minimum absolute atomic E-state index is 0.0478. The van der Waals surface area contributed by atoms with Crippen LogP contribution in [0.25, 0.3) is 0 Å². The van der Waals surface area contributed by atoms with Gasteiger partial charge in [-0.1, -0.05) is 0 Å².